The summed E-state index contributed by atoms with van der Waals surface area (Å²) in [6.07, 6.45) is 0. The number of carbonyl (C=O) groups excluding carboxylic acids is 1. The minimum absolute atomic E-state index is 0.0756. The Labute approximate surface area is 110 Å². The van der Waals surface area contributed by atoms with E-state index < -0.39 is 15.1 Å². The Hall–Kier alpha value is -2.18. The number of hydrogen-bond donors (Lipinski definition) is 1. The average molecular weight is 277 g/mol. The number of para-hydroxylation sites is 1. The SMILES string of the molecule is O=C(c1ccccc1)S(=O)(=O)NOc1ccccc1. The largest absolute Gasteiger partial charge is 0.394 e. The molecule has 19 heavy (non-hydrogen) atoms. The monoisotopic (exact) mass is 277 g/mol. The van der Waals surface area contributed by atoms with Crippen LogP contribution in [0.2, 0.25) is 0 Å². The van der Waals surface area contributed by atoms with Gasteiger partial charge in [-0.1, -0.05) is 48.5 Å². The minimum atomic E-state index is -4.22. The van der Waals surface area contributed by atoms with Crippen LogP contribution in [0, 0.1) is 0 Å². The molecule has 0 aliphatic carbocycles. The zero-order valence-corrected chi connectivity index (χ0v) is 10.6. The van der Waals surface area contributed by atoms with Crippen LogP contribution >= 0.6 is 0 Å². The number of rotatable bonds is 4. The van der Waals surface area contributed by atoms with Gasteiger partial charge in [-0.2, -0.15) is 0 Å². The smallest absolute Gasteiger partial charge is 0.310 e. The summed E-state index contributed by atoms with van der Waals surface area (Å²) in [5.41, 5.74) is 0.0756. The van der Waals surface area contributed by atoms with Gasteiger partial charge < -0.3 is 4.84 Å². The number of carbonyl (C=O) groups is 1. The Kier molecular flexibility index (Phi) is 3.94. The van der Waals surface area contributed by atoms with E-state index in [4.69, 9.17) is 4.84 Å². The summed E-state index contributed by atoms with van der Waals surface area (Å²) in [6.45, 7) is 0. The molecule has 0 spiro atoms. The summed E-state index contributed by atoms with van der Waals surface area (Å²) in [7, 11) is -4.22. The van der Waals surface area contributed by atoms with Crippen molar-refractivity contribution in [1.82, 2.24) is 4.89 Å². The first-order chi connectivity index (χ1) is 9.09. The zero-order chi connectivity index (χ0) is 13.7. The van der Waals surface area contributed by atoms with Crippen molar-refractivity contribution < 1.29 is 18.0 Å². The zero-order valence-electron chi connectivity index (χ0n) is 9.81. The quantitative estimate of drug-likeness (QED) is 0.864. The van der Waals surface area contributed by atoms with Gasteiger partial charge in [0.15, 0.2) is 0 Å². The molecule has 0 saturated carbocycles. The molecule has 2 rings (SSSR count). The topological polar surface area (TPSA) is 72.5 Å². The first kappa shape index (κ1) is 13.3. The van der Waals surface area contributed by atoms with Crippen molar-refractivity contribution in [3.8, 4) is 5.75 Å². The fourth-order valence-corrected chi connectivity index (χ4v) is 2.09. The van der Waals surface area contributed by atoms with Gasteiger partial charge in [-0.3, -0.25) is 4.79 Å². The van der Waals surface area contributed by atoms with Crippen LogP contribution in [-0.4, -0.2) is 13.5 Å². The summed E-state index contributed by atoms with van der Waals surface area (Å²) in [5.74, 6) is 0.298. The molecule has 0 radical (unpaired) electrons. The summed E-state index contributed by atoms with van der Waals surface area (Å²) < 4.78 is 23.4. The highest BCUT2D eigenvalue weighted by molar-refractivity contribution is 8.04. The standard InChI is InChI=1S/C13H11NO4S/c15-13(11-7-3-1-4-8-11)19(16,17)14-18-12-9-5-2-6-10-12/h1-10,14H. The molecule has 0 aromatic heterocycles. The summed E-state index contributed by atoms with van der Waals surface area (Å²) in [4.78, 5) is 18.4. The van der Waals surface area contributed by atoms with Crippen molar-refractivity contribution in [1.29, 1.82) is 0 Å². The molecule has 2 aromatic carbocycles. The summed E-state index contributed by atoms with van der Waals surface area (Å²) in [6, 6.07) is 16.0. The van der Waals surface area contributed by atoms with Crippen molar-refractivity contribution in [2.24, 2.45) is 0 Å². The Bertz CT molecular complexity index is 654. The fourth-order valence-electron chi connectivity index (χ4n) is 1.36. The summed E-state index contributed by atoms with van der Waals surface area (Å²) >= 11 is 0. The van der Waals surface area contributed by atoms with Gasteiger partial charge in [0.05, 0.1) is 0 Å². The second kappa shape index (κ2) is 5.64. The lowest BCUT2D eigenvalue weighted by Gasteiger charge is -2.06. The first-order valence-electron chi connectivity index (χ1n) is 5.43. The Balaban J connectivity index is 2.09. The van der Waals surface area contributed by atoms with E-state index in [-0.39, 0.29) is 5.56 Å². The van der Waals surface area contributed by atoms with Crippen LogP contribution in [0.5, 0.6) is 5.75 Å². The molecule has 5 nitrogen and oxygen atoms in total. The second-order valence-corrected chi connectivity index (χ2v) is 5.20. The van der Waals surface area contributed by atoms with Crippen LogP contribution in [-0.2, 0) is 10.0 Å². The molecule has 98 valence electrons. The maximum atomic E-state index is 11.8. The first-order valence-corrected chi connectivity index (χ1v) is 6.91. The molecule has 0 saturated heterocycles. The minimum Gasteiger partial charge on any atom is -0.394 e. The van der Waals surface area contributed by atoms with E-state index in [0.717, 1.165) is 0 Å². The Morgan fingerprint density at radius 3 is 2.00 bits per heavy atom. The van der Waals surface area contributed by atoms with Crippen molar-refractivity contribution >= 4 is 15.1 Å². The van der Waals surface area contributed by atoms with E-state index in [1.807, 2.05) is 0 Å². The van der Waals surface area contributed by atoms with E-state index in [0.29, 0.717) is 5.75 Å². The van der Waals surface area contributed by atoms with Crippen molar-refractivity contribution in [2.75, 3.05) is 0 Å². The van der Waals surface area contributed by atoms with Gasteiger partial charge in [0.1, 0.15) is 5.75 Å². The van der Waals surface area contributed by atoms with E-state index in [2.05, 4.69) is 0 Å². The lowest BCUT2D eigenvalue weighted by molar-refractivity contribution is 0.106. The Morgan fingerprint density at radius 1 is 0.895 bits per heavy atom. The molecule has 0 fully saturated rings. The van der Waals surface area contributed by atoms with Crippen molar-refractivity contribution in [2.45, 2.75) is 0 Å². The maximum Gasteiger partial charge on any atom is 0.310 e. The molecule has 0 heterocycles. The molecule has 0 amide bonds. The number of benzene rings is 2. The molecular weight excluding hydrogens is 266 g/mol. The number of nitrogens with one attached hydrogen (secondary N) is 1. The van der Waals surface area contributed by atoms with Gasteiger partial charge in [0.25, 0.3) is 5.12 Å². The van der Waals surface area contributed by atoms with Crippen LogP contribution in [0.3, 0.4) is 0 Å². The molecule has 6 heteroatoms. The molecule has 1 N–H and O–H groups in total. The van der Waals surface area contributed by atoms with Crippen molar-refractivity contribution in [3.05, 3.63) is 66.2 Å². The third kappa shape index (κ3) is 3.40. The number of sulfonamides is 1. The van der Waals surface area contributed by atoms with E-state index in [9.17, 15) is 13.2 Å². The lowest BCUT2D eigenvalue weighted by Crippen LogP contribution is -2.33. The predicted molar refractivity (Wildman–Crippen MR) is 69.9 cm³/mol. The highest BCUT2D eigenvalue weighted by atomic mass is 32.2. The molecular formula is C13H11NO4S. The predicted octanol–water partition coefficient (Wildman–Crippen LogP) is 1.74. The van der Waals surface area contributed by atoms with Gasteiger partial charge in [0, 0.05) is 5.56 Å². The lowest BCUT2D eigenvalue weighted by atomic mass is 10.2. The summed E-state index contributed by atoms with van der Waals surface area (Å²) in [5, 5.41) is -1.04. The molecule has 0 aliphatic heterocycles. The molecule has 0 bridgehead atoms. The fraction of sp³-hybridized carbons (Fsp3) is 0. The van der Waals surface area contributed by atoms with Crippen LogP contribution in [0.1, 0.15) is 10.4 Å². The third-order valence-corrected chi connectivity index (χ3v) is 3.29. The molecule has 2 aromatic rings. The van der Waals surface area contributed by atoms with Gasteiger partial charge in [0.2, 0.25) is 0 Å². The normalized spacial score (nSPS) is 10.9. The Morgan fingerprint density at radius 2 is 1.42 bits per heavy atom. The van der Waals surface area contributed by atoms with Gasteiger partial charge >= 0.3 is 10.0 Å². The maximum absolute atomic E-state index is 11.8. The van der Waals surface area contributed by atoms with E-state index in [1.54, 1.807) is 53.4 Å². The highest BCUT2D eigenvalue weighted by Gasteiger charge is 2.24. The van der Waals surface area contributed by atoms with Crippen LogP contribution in [0.25, 0.3) is 0 Å². The molecule has 0 aliphatic rings. The van der Waals surface area contributed by atoms with Gasteiger partial charge in [-0.15, -0.1) is 0 Å². The highest BCUT2D eigenvalue weighted by Crippen LogP contribution is 2.09. The molecule has 0 atom stereocenters. The second-order valence-electron chi connectivity index (χ2n) is 3.66. The number of hydrogen-bond acceptors (Lipinski definition) is 4. The molecule has 0 unspecified atom stereocenters. The van der Waals surface area contributed by atoms with Crippen LogP contribution in [0.4, 0.5) is 0 Å². The van der Waals surface area contributed by atoms with E-state index >= 15 is 0 Å². The van der Waals surface area contributed by atoms with Crippen molar-refractivity contribution in [3.63, 3.8) is 0 Å². The van der Waals surface area contributed by atoms with Crippen LogP contribution in [0.15, 0.2) is 60.7 Å². The average Bonchev–Trinajstić information content (AvgIpc) is 2.46. The van der Waals surface area contributed by atoms with Crippen LogP contribution < -0.4 is 9.72 Å². The van der Waals surface area contributed by atoms with E-state index in [1.165, 1.54) is 12.1 Å². The van der Waals surface area contributed by atoms with Gasteiger partial charge in [-0.25, -0.2) is 8.42 Å². The van der Waals surface area contributed by atoms with Gasteiger partial charge in [-0.05, 0) is 17.0 Å². The third-order valence-electron chi connectivity index (χ3n) is 2.27.